The first-order valence-corrected chi connectivity index (χ1v) is 7.35. The first kappa shape index (κ1) is 15.9. The van der Waals surface area contributed by atoms with Gasteiger partial charge in [-0.05, 0) is 56.7 Å². The number of likely N-dealkylation sites (N-methyl/N-ethyl adjacent to an activating group) is 1. The Balaban J connectivity index is 2.52. The van der Waals surface area contributed by atoms with E-state index in [1.54, 1.807) is 6.20 Å². The van der Waals surface area contributed by atoms with Gasteiger partial charge in [-0.15, -0.1) is 0 Å². The molecule has 1 aromatic heterocycles. The van der Waals surface area contributed by atoms with Crippen molar-refractivity contribution in [1.29, 1.82) is 0 Å². The summed E-state index contributed by atoms with van der Waals surface area (Å²) >= 11 is 0. The molecule has 0 bridgehead atoms. The Labute approximate surface area is 117 Å². The molecule has 1 aromatic rings. The van der Waals surface area contributed by atoms with E-state index in [1.165, 1.54) is 5.56 Å². The molecule has 0 spiro atoms. The number of pyridine rings is 1. The largest absolute Gasteiger partial charge is 0.384 e. The molecule has 108 valence electrons. The maximum absolute atomic E-state index is 5.73. The van der Waals surface area contributed by atoms with Crippen molar-refractivity contribution in [3.63, 3.8) is 0 Å². The van der Waals surface area contributed by atoms with Gasteiger partial charge in [0.1, 0.15) is 5.82 Å². The van der Waals surface area contributed by atoms with E-state index >= 15 is 0 Å². The summed E-state index contributed by atoms with van der Waals surface area (Å²) in [5.74, 6) is 0.608. The number of hydrogen-bond acceptors (Lipinski definition) is 4. The van der Waals surface area contributed by atoms with E-state index in [4.69, 9.17) is 5.73 Å². The zero-order valence-electron chi connectivity index (χ0n) is 12.5. The number of nitrogens with one attached hydrogen (secondary N) is 1. The Bertz CT molecular complexity index is 350. The molecule has 0 aliphatic carbocycles. The van der Waals surface area contributed by atoms with Gasteiger partial charge in [0, 0.05) is 12.2 Å². The van der Waals surface area contributed by atoms with Gasteiger partial charge in [0.15, 0.2) is 0 Å². The minimum atomic E-state index is 0.507. The molecule has 0 saturated carbocycles. The molecule has 0 aromatic carbocycles. The van der Waals surface area contributed by atoms with E-state index in [-0.39, 0.29) is 0 Å². The number of nitrogen functional groups attached to an aromatic ring is 1. The third kappa shape index (κ3) is 6.03. The molecule has 4 heteroatoms. The summed E-state index contributed by atoms with van der Waals surface area (Å²) in [4.78, 5) is 6.51. The van der Waals surface area contributed by atoms with E-state index in [2.05, 4.69) is 42.0 Å². The zero-order chi connectivity index (χ0) is 14.1. The van der Waals surface area contributed by atoms with Crippen LogP contribution in [0.2, 0.25) is 0 Å². The van der Waals surface area contributed by atoms with Gasteiger partial charge in [0.2, 0.25) is 0 Å². The minimum absolute atomic E-state index is 0.507. The van der Waals surface area contributed by atoms with Gasteiger partial charge in [-0.25, -0.2) is 4.98 Å². The second kappa shape index (κ2) is 8.88. The third-order valence-corrected chi connectivity index (χ3v) is 3.51. The third-order valence-electron chi connectivity index (χ3n) is 3.51. The average Bonchev–Trinajstić information content (AvgIpc) is 2.40. The Morgan fingerprint density at radius 1 is 1.32 bits per heavy atom. The van der Waals surface area contributed by atoms with Crippen LogP contribution in [0, 0.1) is 0 Å². The van der Waals surface area contributed by atoms with Crippen molar-refractivity contribution in [3.8, 4) is 0 Å². The number of anilines is 1. The maximum Gasteiger partial charge on any atom is 0.123 e. The van der Waals surface area contributed by atoms with Crippen LogP contribution in [-0.2, 0) is 6.42 Å². The van der Waals surface area contributed by atoms with Gasteiger partial charge in [-0.3, -0.25) is 0 Å². The molecule has 1 atom stereocenters. The molecule has 1 unspecified atom stereocenters. The summed E-state index contributed by atoms with van der Waals surface area (Å²) in [5, 5.41) is 3.57. The number of nitrogens with zero attached hydrogens (tertiary/aromatic N) is 2. The fourth-order valence-corrected chi connectivity index (χ4v) is 2.35. The quantitative estimate of drug-likeness (QED) is 0.715. The molecule has 19 heavy (non-hydrogen) atoms. The summed E-state index contributed by atoms with van der Waals surface area (Å²) < 4.78 is 0. The zero-order valence-corrected chi connectivity index (χ0v) is 12.5. The molecule has 0 aliphatic heterocycles. The van der Waals surface area contributed by atoms with Gasteiger partial charge >= 0.3 is 0 Å². The van der Waals surface area contributed by atoms with Gasteiger partial charge in [0.25, 0.3) is 0 Å². The first-order valence-electron chi connectivity index (χ1n) is 7.35. The summed E-state index contributed by atoms with van der Waals surface area (Å²) in [6.45, 7) is 11.0. The smallest absolute Gasteiger partial charge is 0.123 e. The standard InChI is InChI=1S/C15H28N4/c1-4-17-14(8-10-19(5-2)6-3)11-13-7-9-18-15(16)12-13/h7,9,12,14,17H,4-6,8,10-11H2,1-3H3,(H2,16,18). The van der Waals surface area contributed by atoms with Crippen molar-refractivity contribution in [1.82, 2.24) is 15.2 Å². The second-order valence-electron chi connectivity index (χ2n) is 4.86. The fraction of sp³-hybridized carbons (Fsp3) is 0.667. The lowest BCUT2D eigenvalue weighted by atomic mass is 10.0. The molecular formula is C15H28N4. The highest BCUT2D eigenvalue weighted by atomic mass is 15.1. The number of rotatable bonds is 9. The molecule has 3 N–H and O–H groups in total. The summed E-state index contributed by atoms with van der Waals surface area (Å²) in [7, 11) is 0. The molecule has 0 aliphatic rings. The number of hydrogen-bond donors (Lipinski definition) is 2. The predicted molar refractivity (Wildman–Crippen MR) is 82.2 cm³/mol. The van der Waals surface area contributed by atoms with Crippen molar-refractivity contribution in [2.24, 2.45) is 0 Å². The summed E-state index contributed by atoms with van der Waals surface area (Å²) in [6, 6.07) is 4.53. The van der Waals surface area contributed by atoms with Crippen LogP contribution in [0.4, 0.5) is 5.82 Å². The molecule has 0 fully saturated rings. The van der Waals surface area contributed by atoms with E-state index in [1.807, 2.05) is 6.07 Å². The highest BCUT2D eigenvalue weighted by Crippen LogP contribution is 2.09. The van der Waals surface area contributed by atoms with Crippen LogP contribution in [0.5, 0.6) is 0 Å². The van der Waals surface area contributed by atoms with Crippen LogP contribution in [0.3, 0.4) is 0 Å². The van der Waals surface area contributed by atoms with Gasteiger partial charge < -0.3 is 16.0 Å². The molecule has 0 saturated heterocycles. The van der Waals surface area contributed by atoms with Crippen molar-refractivity contribution in [3.05, 3.63) is 23.9 Å². The fourth-order valence-electron chi connectivity index (χ4n) is 2.35. The van der Waals surface area contributed by atoms with Crippen molar-refractivity contribution in [2.45, 2.75) is 39.7 Å². The van der Waals surface area contributed by atoms with E-state index in [0.717, 1.165) is 39.0 Å². The Hall–Kier alpha value is -1.13. The lowest BCUT2D eigenvalue weighted by molar-refractivity contribution is 0.281. The Morgan fingerprint density at radius 2 is 2.05 bits per heavy atom. The SMILES string of the molecule is CCNC(CCN(CC)CC)Cc1ccnc(N)c1. The Kier molecular flexibility index (Phi) is 7.45. The molecular weight excluding hydrogens is 236 g/mol. The molecule has 1 rings (SSSR count). The highest BCUT2D eigenvalue weighted by Gasteiger charge is 2.10. The first-order chi connectivity index (χ1) is 9.19. The lowest BCUT2D eigenvalue weighted by Gasteiger charge is -2.23. The van der Waals surface area contributed by atoms with E-state index in [9.17, 15) is 0 Å². The van der Waals surface area contributed by atoms with Crippen LogP contribution < -0.4 is 11.1 Å². The topological polar surface area (TPSA) is 54.2 Å². The van der Waals surface area contributed by atoms with E-state index in [0.29, 0.717) is 11.9 Å². The Morgan fingerprint density at radius 3 is 2.63 bits per heavy atom. The van der Waals surface area contributed by atoms with E-state index < -0.39 is 0 Å². The summed E-state index contributed by atoms with van der Waals surface area (Å²) in [5.41, 5.74) is 7.00. The van der Waals surface area contributed by atoms with Crippen molar-refractivity contribution >= 4 is 5.82 Å². The molecule has 0 radical (unpaired) electrons. The van der Waals surface area contributed by atoms with Crippen LogP contribution >= 0.6 is 0 Å². The normalized spacial score (nSPS) is 12.8. The van der Waals surface area contributed by atoms with Crippen molar-refractivity contribution < 1.29 is 0 Å². The summed E-state index contributed by atoms with van der Waals surface area (Å²) in [6.07, 6.45) is 3.97. The lowest BCUT2D eigenvalue weighted by Crippen LogP contribution is -2.35. The van der Waals surface area contributed by atoms with Gasteiger partial charge in [0.05, 0.1) is 0 Å². The number of nitrogens with two attached hydrogens (primary N) is 1. The van der Waals surface area contributed by atoms with Crippen LogP contribution in [0.15, 0.2) is 18.3 Å². The highest BCUT2D eigenvalue weighted by molar-refractivity contribution is 5.32. The predicted octanol–water partition coefficient (Wildman–Crippen LogP) is 1.92. The minimum Gasteiger partial charge on any atom is -0.384 e. The van der Waals surface area contributed by atoms with Gasteiger partial charge in [-0.1, -0.05) is 20.8 Å². The number of aromatic nitrogens is 1. The molecule has 0 amide bonds. The maximum atomic E-state index is 5.73. The van der Waals surface area contributed by atoms with Crippen molar-refractivity contribution in [2.75, 3.05) is 31.9 Å². The van der Waals surface area contributed by atoms with Gasteiger partial charge in [-0.2, -0.15) is 0 Å². The van der Waals surface area contributed by atoms with Crippen LogP contribution in [0.25, 0.3) is 0 Å². The average molecular weight is 264 g/mol. The monoisotopic (exact) mass is 264 g/mol. The molecule has 1 heterocycles. The van der Waals surface area contributed by atoms with Crippen LogP contribution in [-0.4, -0.2) is 42.1 Å². The van der Waals surface area contributed by atoms with Crippen LogP contribution in [0.1, 0.15) is 32.8 Å². The second-order valence-corrected chi connectivity index (χ2v) is 4.86. The molecule has 4 nitrogen and oxygen atoms in total.